The van der Waals surface area contributed by atoms with Gasteiger partial charge in [0.1, 0.15) is 0 Å². The van der Waals surface area contributed by atoms with E-state index in [1.165, 1.54) is 0 Å². The summed E-state index contributed by atoms with van der Waals surface area (Å²) in [6, 6.07) is 7.49. The van der Waals surface area contributed by atoms with Gasteiger partial charge >= 0.3 is 12.0 Å². The molecule has 0 heterocycles. The summed E-state index contributed by atoms with van der Waals surface area (Å²) in [7, 11) is 1.70. The van der Waals surface area contributed by atoms with Crippen molar-refractivity contribution in [2.24, 2.45) is 0 Å². The lowest BCUT2D eigenvalue weighted by Gasteiger charge is -2.18. The van der Waals surface area contributed by atoms with Crippen LogP contribution in [0.25, 0.3) is 0 Å². The molecule has 6 heteroatoms. The number of halogens is 1. The average Bonchev–Trinajstić information content (AvgIpc) is 2.36. The molecule has 0 saturated heterocycles. The number of carbonyl (C=O) groups is 2. The minimum atomic E-state index is -0.851. The van der Waals surface area contributed by atoms with Crippen LogP contribution in [0.4, 0.5) is 4.79 Å². The second-order valence-electron chi connectivity index (χ2n) is 4.18. The van der Waals surface area contributed by atoms with Gasteiger partial charge in [0.25, 0.3) is 0 Å². The van der Waals surface area contributed by atoms with Crippen molar-refractivity contribution in [3.63, 3.8) is 0 Å². The quantitative estimate of drug-likeness (QED) is 0.788. The van der Waals surface area contributed by atoms with Gasteiger partial charge < -0.3 is 15.3 Å². The van der Waals surface area contributed by atoms with Crippen molar-refractivity contribution < 1.29 is 14.7 Å². The molecule has 0 unspecified atom stereocenters. The number of carbonyl (C=O) groups excluding carboxylic acids is 1. The molecule has 0 radical (unpaired) electrons. The number of carboxylic acid groups (broad SMARTS) is 1. The van der Waals surface area contributed by atoms with Gasteiger partial charge in [-0.3, -0.25) is 4.79 Å². The monoisotopic (exact) mass is 328 g/mol. The fraction of sp³-hybridized carbons (Fsp3) is 0.385. The topological polar surface area (TPSA) is 69.6 Å². The van der Waals surface area contributed by atoms with Crippen molar-refractivity contribution in [2.75, 3.05) is 13.6 Å². The average molecular weight is 329 g/mol. The highest BCUT2D eigenvalue weighted by molar-refractivity contribution is 9.10. The second-order valence-corrected chi connectivity index (χ2v) is 5.03. The third-order valence-electron chi connectivity index (χ3n) is 2.56. The molecule has 0 aliphatic heterocycles. The van der Waals surface area contributed by atoms with Gasteiger partial charge in [-0.25, -0.2) is 4.79 Å². The van der Waals surface area contributed by atoms with Gasteiger partial charge in [0.05, 0.1) is 0 Å². The van der Waals surface area contributed by atoms with Crippen LogP contribution in [0.2, 0.25) is 0 Å². The smallest absolute Gasteiger partial charge is 0.317 e. The Morgan fingerprint density at radius 2 is 2.05 bits per heavy atom. The molecule has 2 amide bonds. The van der Waals surface area contributed by atoms with Crippen molar-refractivity contribution in [1.29, 1.82) is 0 Å². The van der Waals surface area contributed by atoms with E-state index in [1.807, 2.05) is 24.3 Å². The lowest BCUT2D eigenvalue weighted by atomic mass is 10.2. The summed E-state index contributed by atoms with van der Waals surface area (Å²) in [5, 5.41) is 11.2. The first-order chi connectivity index (χ1) is 9.00. The summed E-state index contributed by atoms with van der Waals surface area (Å²) in [6.45, 7) is 0.859. The number of rotatable bonds is 6. The third-order valence-corrected chi connectivity index (χ3v) is 3.33. The number of urea groups is 1. The Morgan fingerprint density at radius 1 is 1.37 bits per heavy atom. The van der Waals surface area contributed by atoms with Crippen LogP contribution in [0, 0.1) is 0 Å². The lowest BCUT2D eigenvalue weighted by molar-refractivity contribution is -0.137. The minimum absolute atomic E-state index is 0.0637. The molecule has 0 bridgehead atoms. The lowest BCUT2D eigenvalue weighted by Crippen LogP contribution is -2.37. The number of hydrogen-bond donors (Lipinski definition) is 2. The van der Waals surface area contributed by atoms with E-state index in [-0.39, 0.29) is 12.5 Å². The van der Waals surface area contributed by atoms with Gasteiger partial charge in [0.15, 0.2) is 0 Å². The zero-order valence-corrected chi connectivity index (χ0v) is 12.3. The first-order valence-electron chi connectivity index (χ1n) is 5.95. The molecule has 2 N–H and O–H groups in total. The van der Waals surface area contributed by atoms with Crippen molar-refractivity contribution in [3.8, 4) is 0 Å². The molecule has 104 valence electrons. The number of aliphatic carboxylic acids is 1. The van der Waals surface area contributed by atoms with Gasteiger partial charge in [-0.1, -0.05) is 34.1 Å². The Bertz CT molecular complexity index is 451. The maximum atomic E-state index is 11.8. The van der Waals surface area contributed by atoms with Crippen LogP contribution in [0.5, 0.6) is 0 Å². The van der Waals surface area contributed by atoms with Crippen molar-refractivity contribution in [2.45, 2.75) is 19.4 Å². The highest BCUT2D eigenvalue weighted by Crippen LogP contribution is 2.17. The highest BCUT2D eigenvalue weighted by atomic mass is 79.9. The Morgan fingerprint density at radius 3 is 2.68 bits per heavy atom. The maximum absolute atomic E-state index is 11.8. The van der Waals surface area contributed by atoms with Gasteiger partial charge in [0, 0.05) is 31.0 Å². The molecular weight excluding hydrogens is 312 g/mol. The third kappa shape index (κ3) is 5.74. The Labute approximate surface area is 120 Å². The van der Waals surface area contributed by atoms with Crippen LogP contribution in [-0.2, 0) is 11.3 Å². The van der Waals surface area contributed by atoms with E-state index in [2.05, 4.69) is 21.2 Å². The van der Waals surface area contributed by atoms with Crippen LogP contribution in [-0.4, -0.2) is 35.6 Å². The largest absolute Gasteiger partial charge is 0.481 e. The number of hydrogen-bond acceptors (Lipinski definition) is 2. The van der Waals surface area contributed by atoms with E-state index in [0.29, 0.717) is 19.5 Å². The molecule has 0 aliphatic rings. The van der Waals surface area contributed by atoms with Gasteiger partial charge in [-0.05, 0) is 18.1 Å². The minimum Gasteiger partial charge on any atom is -0.481 e. The summed E-state index contributed by atoms with van der Waals surface area (Å²) in [4.78, 5) is 23.6. The Hall–Kier alpha value is -1.56. The number of carboxylic acids is 1. The summed E-state index contributed by atoms with van der Waals surface area (Å²) < 4.78 is 0.959. The number of amides is 2. The van der Waals surface area contributed by atoms with Crippen molar-refractivity contribution in [1.82, 2.24) is 10.2 Å². The zero-order valence-electron chi connectivity index (χ0n) is 10.7. The molecule has 0 aromatic heterocycles. The predicted molar refractivity (Wildman–Crippen MR) is 75.9 cm³/mol. The van der Waals surface area contributed by atoms with Crippen molar-refractivity contribution in [3.05, 3.63) is 34.3 Å². The molecule has 1 aromatic carbocycles. The van der Waals surface area contributed by atoms with Gasteiger partial charge in [-0.2, -0.15) is 0 Å². The van der Waals surface area contributed by atoms with E-state index >= 15 is 0 Å². The Kier molecular flexibility index (Phi) is 6.35. The molecule has 0 spiro atoms. The number of benzene rings is 1. The molecule has 19 heavy (non-hydrogen) atoms. The fourth-order valence-corrected chi connectivity index (χ4v) is 1.93. The predicted octanol–water partition coefficient (Wildman–Crippen LogP) is 2.46. The Balaban J connectivity index is 2.37. The molecule has 5 nitrogen and oxygen atoms in total. The molecule has 0 aliphatic carbocycles. The van der Waals surface area contributed by atoms with Crippen LogP contribution < -0.4 is 5.32 Å². The van der Waals surface area contributed by atoms with E-state index in [1.54, 1.807) is 11.9 Å². The van der Waals surface area contributed by atoms with Crippen LogP contribution in [0.1, 0.15) is 18.4 Å². The summed E-state index contributed by atoms with van der Waals surface area (Å²) in [6.07, 6.45) is 0.498. The normalized spacial score (nSPS) is 10.0. The van der Waals surface area contributed by atoms with Crippen LogP contribution >= 0.6 is 15.9 Å². The first kappa shape index (κ1) is 15.5. The summed E-state index contributed by atoms with van der Waals surface area (Å²) in [5.41, 5.74) is 1.02. The van der Waals surface area contributed by atoms with Gasteiger partial charge in [-0.15, -0.1) is 0 Å². The molecule has 1 rings (SSSR count). The molecule has 0 saturated carbocycles. The van der Waals surface area contributed by atoms with E-state index in [0.717, 1.165) is 10.0 Å². The van der Waals surface area contributed by atoms with Gasteiger partial charge in [0.2, 0.25) is 0 Å². The number of nitrogens with zero attached hydrogens (tertiary/aromatic N) is 1. The molecular formula is C13H17BrN2O3. The molecule has 0 fully saturated rings. The van der Waals surface area contributed by atoms with Crippen LogP contribution in [0.3, 0.4) is 0 Å². The van der Waals surface area contributed by atoms with Crippen molar-refractivity contribution >= 4 is 27.9 Å². The first-order valence-corrected chi connectivity index (χ1v) is 6.74. The zero-order chi connectivity index (χ0) is 14.3. The summed E-state index contributed by atoms with van der Waals surface area (Å²) in [5.74, 6) is -0.851. The van der Waals surface area contributed by atoms with E-state index < -0.39 is 5.97 Å². The SMILES string of the molecule is CN(Cc1ccccc1Br)C(=O)NCCCC(=O)O. The standard InChI is InChI=1S/C13H17BrN2O3/c1-16(9-10-5-2-3-6-11(10)14)13(19)15-8-4-7-12(17)18/h2-3,5-6H,4,7-9H2,1H3,(H,15,19)(H,17,18). The highest BCUT2D eigenvalue weighted by Gasteiger charge is 2.10. The number of nitrogens with one attached hydrogen (secondary N) is 1. The van der Waals surface area contributed by atoms with E-state index in [9.17, 15) is 9.59 Å². The van der Waals surface area contributed by atoms with Crippen LogP contribution in [0.15, 0.2) is 28.7 Å². The van der Waals surface area contributed by atoms with E-state index in [4.69, 9.17) is 5.11 Å². The fourth-order valence-electron chi connectivity index (χ4n) is 1.52. The maximum Gasteiger partial charge on any atom is 0.317 e. The second kappa shape index (κ2) is 7.78. The molecule has 1 aromatic rings. The molecule has 0 atom stereocenters. The summed E-state index contributed by atoms with van der Waals surface area (Å²) >= 11 is 3.43.